The van der Waals surface area contributed by atoms with Crippen molar-refractivity contribution in [2.45, 2.75) is 371 Å². The zero-order chi connectivity index (χ0) is 99.8. The summed E-state index contributed by atoms with van der Waals surface area (Å²) in [5.74, 6) is -7.30. The summed E-state index contributed by atoms with van der Waals surface area (Å²) in [4.78, 5) is 204. The Morgan fingerprint density at radius 2 is 0.761 bits per heavy atom. The van der Waals surface area contributed by atoms with Gasteiger partial charge in [0.1, 0.15) is 36.3 Å². The molecule has 8 saturated carbocycles. The van der Waals surface area contributed by atoms with Crippen LogP contribution in [0.5, 0.6) is 0 Å². The number of nitrogens with zero attached hydrogens (tertiary/aromatic N) is 3. The number of urea groups is 3. The second kappa shape index (κ2) is 41.4. The number of rotatable bonds is 35. The van der Waals surface area contributed by atoms with Crippen LogP contribution >= 0.6 is 0 Å². The van der Waals surface area contributed by atoms with Gasteiger partial charge < -0.3 is 94.3 Å². The van der Waals surface area contributed by atoms with Crippen molar-refractivity contribution in [1.29, 1.82) is 0 Å². The number of carbonyl (C=O) groups is 15. The fraction of sp³-hybridized carbons (Fsp3) is 0.792. The highest BCUT2D eigenvalue weighted by Gasteiger charge is 2.73. The van der Waals surface area contributed by atoms with Gasteiger partial charge in [-0.2, -0.15) is 0 Å². The number of nitrogens with two attached hydrogens (primary N) is 3. The van der Waals surface area contributed by atoms with Crippen molar-refractivity contribution < 1.29 is 86.5 Å². The van der Waals surface area contributed by atoms with E-state index in [-0.39, 0.29) is 116 Å². The van der Waals surface area contributed by atoms with Crippen molar-refractivity contribution in [2.24, 2.45) is 114 Å². The predicted octanol–water partition coefficient (Wildman–Crippen LogP) is 8.48. The molecule has 11 fully saturated rings. The van der Waals surface area contributed by atoms with E-state index in [2.05, 4.69) is 89.4 Å². The molecule has 0 spiro atoms. The second-order valence-electron chi connectivity index (χ2n) is 48.6. The van der Waals surface area contributed by atoms with Crippen LogP contribution in [0.1, 0.15) is 286 Å². The van der Waals surface area contributed by atoms with Gasteiger partial charge in [-0.1, -0.05) is 245 Å². The van der Waals surface area contributed by atoms with Crippen molar-refractivity contribution in [3.8, 4) is 0 Å². The maximum atomic E-state index is 14.5. The normalized spacial score (nSPS) is 26.4. The molecule has 12 rings (SSSR count). The number of hydrogen-bond donors (Lipinski definition) is 13. The quantitative estimate of drug-likeness (QED) is 0.0283. The number of primary amides is 3. The summed E-state index contributed by atoms with van der Waals surface area (Å²) >= 11 is 0. The molecule has 0 radical (unpaired) electrons. The Balaban J connectivity index is 0.000000209. The number of likely N-dealkylation sites (tertiary alicyclic amines) is 3. The first-order chi connectivity index (χ1) is 62.0. The van der Waals surface area contributed by atoms with Gasteiger partial charge in [-0.15, -0.1) is 0 Å². The molecule has 3 aliphatic heterocycles. The van der Waals surface area contributed by atoms with Crippen LogP contribution < -0.4 is 65.1 Å². The molecule has 18 atom stereocenters. The molecular formula is C101H163N15O18. The number of piperidine rings is 3. The smallest absolute Gasteiger partial charge is 0.315 e. The predicted molar refractivity (Wildman–Crippen MR) is 506 cm³/mol. The average molecular weight is 1880 g/mol. The average Bonchev–Trinajstić information content (AvgIpc) is 1.52. The summed E-state index contributed by atoms with van der Waals surface area (Å²) in [6.45, 7) is 45.4. The van der Waals surface area contributed by atoms with Crippen LogP contribution in [0.3, 0.4) is 0 Å². The van der Waals surface area contributed by atoms with Gasteiger partial charge in [-0.05, 0) is 168 Å². The number of ether oxygens (including phenoxy) is 2. The summed E-state index contributed by atoms with van der Waals surface area (Å²) in [5, 5.41) is 37.9. The standard InChI is InChI=1S/C37H55N5O6.C32H53N5O6.C32H55N5O6/c1-35(2,3)30(40-34(48)41-37(17-10-7-11-18-37)26(43)20-23-13-8-6-9-14-23)33(47)42-21-24-27(36(24,4)5)28(42)32(46)39-25(29(44)31(38)45)19-22-15-12-16-22;1-30(2,3)21(17-43-7)35-29(42)36-25(32(6)13-8-9-14-32)28(41)37-16-19-22(31(19,4)5)23(37)27(40)34-20(24(38)26(33)39)15-18-11-10-12-18;1-29(2,3)20(16-43-31(7,8)9)35-28(42)36-24(30(4,5)6)27(41)37-15-18-21(32(18,10)11)22(37)26(40)34-19(14-17-12-13-17)23(38)25(33)39/h6,8-9,13-14,22,24-28,30,43H,7,10-12,15-21H2,1-5H3,(H2,38,45)(H,39,46)(H2,40,41,48);18-23,25H,8-17H2,1-7H3,(H2,33,39)(H,34,40)(H2,35,36,42);17-22,24H,12-16H2,1-11H3,(H2,33,39)(H,34,40)(H2,35,36,42)/t24-,25?,26?,27-,28-,30+;19-,20?,21+,22-,23-,25+;18-,19?,20-,21-,22-,24+/m000/s1. The van der Waals surface area contributed by atoms with Crippen LogP contribution in [0, 0.1) is 96.6 Å². The molecule has 3 saturated heterocycles. The number of hydrogen-bond acceptors (Lipinski definition) is 18. The Morgan fingerprint density at radius 1 is 0.418 bits per heavy atom. The van der Waals surface area contributed by atoms with Gasteiger partial charge >= 0.3 is 18.1 Å². The molecule has 4 unspecified atom stereocenters. The van der Waals surface area contributed by atoms with Gasteiger partial charge in [0.25, 0.3) is 17.7 Å². The lowest BCUT2D eigenvalue weighted by Gasteiger charge is -2.43. The lowest BCUT2D eigenvalue weighted by Crippen LogP contribution is -2.65. The van der Waals surface area contributed by atoms with Gasteiger partial charge in [0.15, 0.2) is 0 Å². The number of aliphatic hydroxyl groups is 1. The highest BCUT2D eigenvalue weighted by atomic mass is 16.5. The van der Waals surface area contributed by atoms with Crippen LogP contribution in [-0.2, 0) is 73.4 Å². The number of methoxy groups -OCH3 is 1. The van der Waals surface area contributed by atoms with E-state index in [0.29, 0.717) is 71.4 Å². The molecule has 0 bridgehead atoms. The van der Waals surface area contributed by atoms with Gasteiger partial charge in [0.2, 0.25) is 52.8 Å². The third-order valence-electron chi connectivity index (χ3n) is 32.2. The summed E-state index contributed by atoms with van der Waals surface area (Å²) in [7, 11) is 1.59. The summed E-state index contributed by atoms with van der Waals surface area (Å²) in [6.07, 6.45) is 15.8. The Bertz CT molecular complexity index is 4470. The molecule has 11 aliphatic rings. The molecule has 1 aromatic carbocycles. The topological polar surface area (TPSA) is 491 Å². The number of carbonyl (C=O) groups excluding carboxylic acids is 15. The van der Waals surface area contributed by atoms with Crippen LogP contribution in [0.25, 0.3) is 0 Å². The minimum absolute atomic E-state index is 0.0812. The van der Waals surface area contributed by atoms with Crippen LogP contribution in [0.4, 0.5) is 14.4 Å². The first kappa shape index (κ1) is 107. The number of aliphatic hydroxyl groups excluding tert-OH is 1. The molecule has 1 aromatic rings. The highest BCUT2D eigenvalue weighted by molar-refractivity contribution is 6.39. The van der Waals surface area contributed by atoms with Crippen molar-refractivity contribution in [1.82, 2.24) is 62.6 Å². The second-order valence-corrected chi connectivity index (χ2v) is 48.6. The molecule has 3 heterocycles. The largest absolute Gasteiger partial charge is 0.390 e. The van der Waals surface area contributed by atoms with Crippen molar-refractivity contribution in [3.63, 3.8) is 0 Å². The van der Waals surface area contributed by atoms with Gasteiger partial charge in [0.05, 0.1) is 60.7 Å². The first-order valence-corrected chi connectivity index (χ1v) is 49.4. The van der Waals surface area contributed by atoms with Crippen molar-refractivity contribution >= 4 is 88.6 Å². The van der Waals surface area contributed by atoms with E-state index in [1.165, 1.54) is 0 Å². The Hall–Kier alpha value is -8.85. The van der Waals surface area contributed by atoms with E-state index in [1.807, 2.05) is 141 Å². The van der Waals surface area contributed by atoms with E-state index in [4.69, 9.17) is 26.7 Å². The van der Waals surface area contributed by atoms with Crippen LogP contribution in [-0.4, -0.2) is 232 Å². The molecule has 15 amide bonds. The summed E-state index contributed by atoms with van der Waals surface area (Å²) < 4.78 is 11.3. The number of amides is 15. The SMILES string of the molecule is CC(C)(C)OC[C@H](NC(=O)N[C@H](C(=O)N1C[C@H]2[C@@H]([C@H]1C(=O)NC(CC1CC1)C(=O)C(N)=O)C2(C)C)C(C)(C)C)C(C)(C)C.CC(C)(C)[C@H](NC(=O)NC1(C(O)Cc2ccccc2)CCCCC1)C(=O)N1C[C@H]2[C@@H]([C@H]1C(=O)NC(CC1CCC1)C(=O)C(N)=O)C2(C)C.COC[C@@H](NC(=O)N[C@H](C(=O)N1C[C@H]2[C@@H]([C@H]1C(=O)NC(CC1CCC1)C(=O)C(N)=O)C2(C)C)C1(C)CCCC1)C(C)(C)C. The van der Waals surface area contributed by atoms with Gasteiger partial charge in [-0.25, -0.2) is 14.4 Å². The minimum Gasteiger partial charge on any atom is -0.390 e. The van der Waals surface area contributed by atoms with Crippen LogP contribution in [0.15, 0.2) is 30.3 Å². The van der Waals surface area contributed by atoms with Crippen molar-refractivity contribution in [2.75, 3.05) is 40.0 Å². The molecule has 0 aromatic heterocycles. The van der Waals surface area contributed by atoms with E-state index in [1.54, 1.807) is 21.8 Å². The van der Waals surface area contributed by atoms with Gasteiger partial charge in [-0.3, -0.25) is 57.5 Å². The van der Waals surface area contributed by atoms with E-state index in [9.17, 15) is 77.0 Å². The van der Waals surface area contributed by atoms with Crippen molar-refractivity contribution in [3.05, 3.63) is 35.9 Å². The van der Waals surface area contributed by atoms with Crippen LogP contribution in [0.2, 0.25) is 0 Å². The maximum absolute atomic E-state index is 14.5. The fourth-order valence-corrected chi connectivity index (χ4v) is 22.4. The molecule has 33 heteroatoms. The highest BCUT2D eigenvalue weighted by Crippen LogP contribution is 2.67. The number of benzene rings is 1. The Labute approximate surface area is 794 Å². The monoisotopic (exact) mass is 1870 g/mol. The number of fused-ring (bicyclic) bond motifs is 3. The Morgan fingerprint density at radius 3 is 1.09 bits per heavy atom. The van der Waals surface area contributed by atoms with E-state index < -0.39 is 153 Å². The number of Topliss-reactive ketones (excluding diaryl/α,β-unsaturated/α-hetero) is 3. The number of nitrogens with one attached hydrogen (secondary N) is 9. The summed E-state index contributed by atoms with van der Waals surface area (Å²) in [5.41, 5.74) is 12.8. The lowest BCUT2D eigenvalue weighted by molar-refractivity contribution is -0.145. The Kier molecular flexibility index (Phi) is 33.1. The third kappa shape index (κ3) is 25.4. The van der Waals surface area contributed by atoms with E-state index >= 15 is 0 Å². The zero-order valence-corrected chi connectivity index (χ0v) is 84.4. The molecule has 750 valence electrons. The minimum atomic E-state index is -1.09. The molecule has 33 nitrogen and oxygen atoms in total. The fourth-order valence-electron chi connectivity index (χ4n) is 22.4. The summed E-state index contributed by atoms with van der Waals surface area (Å²) in [6, 6.07) is -0.631. The molecule has 8 aliphatic carbocycles. The lowest BCUT2D eigenvalue weighted by atomic mass is 9.76. The molecule has 134 heavy (non-hydrogen) atoms. The first-order valence-electron chi connectivity index (χ1n) is 49.4. The number of ketones is 3. The maximum Gasteiger partial charge on any atom is 0.315 e. The van der Waals surface area contributed by atoms with E-state index in [0.717, 1.165) is 102 Å². The zero-order valence-electron chi connectivity index (χ0n) is 84.4. The van der Waals surface area contributed by atoms with Gasteiger partial charge in [0, 0.05) is 33.2 Å². The molecular weight excluding hydrogens is 1710 g/mol. The molecule has 16 N–H and O–H groups in total. The third-order valence-corrected chi connectivity index (χ3v) is 32.2.